The van der Waals surface area contributed by atoms with Crippen LogP contribution in [0.1, 0.15) is 43.7 Å². The lowest BCUT2D eigenvalue weighted by Crippen LogP contribution is -2.39. The van der Waals surface area contributed by atoms with Crippen LogP contribution in [0.3, 0.4) is 0 Å². The van der Waals surface area contributed by atoms with E-state index in [9.17, 15) is 14.4 Å². The second kappa shape index (κ2) is 6.11. The number of halogens is 2. The zero-order valence-corrected chi connectivity index (χ0v) is 16.2. The number of allylic oxidation sites excluding steroid dienone is 2. The number of aromatic nitrogens is 2. The average molecular weight is 406 g/mol. The molecule has 1 aliphatic carbocycles. The molecule has 2 aliphatic rings. The molecule has 2 aromatic rings. The van der Waals surface area contributed by atoms with Gasteiger partial charge in [0.05, 0.1) is 5.56 Å². The van der Waals surface area contributed by atoms with Gasteiger partial charge in [-0.05, 0) is 29.5 Å². The Morgan fingerprint density at radius 1 is 1.07 bits per heavy atom. The largest absolute Gasteiger partial charge is 0.344 e. The van der Waals surface area contributed by atoms with E-state index in [0.717, 1.165) is 0 Å². The van der Waals surface area contributed by atoms with Gasteiger partial charge in [0.2, 0.25) is 0 Å². The Kier molecular flexibility index (Phi) is 4.09. The van der Waals surface area contributed by atoms with E-state index in [0.29, 0.717) is 45.5 Å². The zero-order valence-electron chi connectivity index (χ0n) is 14.7. The number of carbonyl (C=O) groups is 1. The van der Waals surface area contributed by atoms with Crippen molar-refractivity contribution in [2.24, 2.45) is 5.41 Å². The van der Waals surface area contributed by atoms with Crippen LogP contribution in [-0.2, 0) is 4.79 Å². The SMILES string of the molecule is CC1(C)CC(=O)C2=C(C1)Nc1[nH]c(=O)[nH]c(=O)c1[C@H]2c1ccc(Cl)cc1Cl. The van der Waals surface area contributed by atoms with E-state index in [1.807, 2.05) is 13.8 Å². The molecule has 1 aromatic carbocycles. The average Bonchev–Trinajstić information content (AvgIpc) is 2.51. The molecule has 1 aliphatic heterocycles. The minimum atomic E-state index is -0.676. The first-order valence-corrected chi connectivity index (χ1v) is 9.26. The number of hydrogen-bond acceptors (Lipinski definition) is 4. The highest BCUT2D eigenvalue weighted by atomic mass is 35.5. The normalized spacial score (nSPS) is 20.7. The fraction of sp³-hybridized carbons (Fsp3) is 0.316. The highest BCUT2D eigenvalue weighted by Gasteiger charge is 2.42. The summed E-state index contributed by atoms with van der Waals surface area (Å²) in [5.74, 6) is -0.421. The van der Waals surface area contributed by atoms with Gasteiger partial charge in [-0.25, -0.2) is 4.79 Å². The van der Waals surface area contributed by atoms with E-state index in [1.54, 1.807) is 18.2 Å². The first-order chi connectivity index (χ1) is 12.7. The fourth-order valence-corrected chi connectivity index (χ4v) is 4.51. The summed E-state index contributed by atoms with van der Waals surface area (Å²) in [6.45, 7) is 4.02. The van der Waals surface area contributed by atoms with Crippen molar-refractivity contribution in [1.82, 2.24) is 9.97 Å². The second-order valence-corrected chi connectivity index (χ2v) is 8.60. The molecule has 0 bridgehead atoms. The Balaban J connectivity index is 2.04. The number of nitrogens with one attached hydrogen (secondary N) is 3. The van der Waals surface area contributed by atoms with Crippen molar-refractivity contribution >= 4 is 34.8 Å². The number of aromatic amines is 2. The molecular formula is C19H17Cl2N3O3. The van der Waals surface area contributed by atoms with Crippen molar-refractivity contribution < 1.29 is 4.79 Å². The molecule has 1 atom stereocenters. The lowest BCUT2D eigenvalue weighted by Gasteiger charge is -2.38. The molecule has 2 heterocycles. The van der Waals surface area contributed by atoms with Gasteiger partial charge >= 0.3 is 5.69 Å². The Morgan fingerprint density at radius 2 is 1.81 bits per heavy atom. The maximum absolute atomic E-state index is 13.0. The summed E-state index contributed by atoms with van der Waals surface area (Å²) in [5.41, 5.74) is 0.701. The quantitative estimate of drug-likeness (QED) is 0.675. The summed E-state index contributed by atoms with van der Waals surface area (Å²) in [6, 6.07) is 4.96. The van der Waals surface area contributed by atoms with Crippen molar-refractivity contribution in [3.63, 3.8) is 0 Å². The number of benzene rings is 1. The molecule has 6 nitrogen and oxygen atoms in total. The molecule has 1 aromatic heterocycles. The summed E-state index contributed by atoms with van der Waals surface area (Å²) in [6.07, 6.45) is 0.982. The van der Waals surface area contributed by atoms with Gasteiger partial charge in [-0.1, -0.05) is 43.1 Å². The van der Waals surface area contributed by atoms with Crippen LogP contribution in [0.2, 0.25) is 10.0 Å². The van der Waals surface area contributed by atoms with Gasteiger partial charge in [0.15, 0.2) is 5.78 Å². The number of fused-ring (bicyclic) bond motifs is 1. The Hall–Kier alpha value is -2.31. The minimum Gasteiger partial charge on any atom is -0.344 e. The van der Waals surface area contributed by atoms with Crippen LogP contribution < -0.4 is 16.6 Å². The molecule has 0 saturated heterocycles. The molecule has 27 heavy (non-hydrogen) atoms. The monoisotopic (exact) mass is 405 g/mol. The first-order valence-electron chi connectivity index (χ1n) is 8.51. The Bertz CT molecular complexity index is 1130. The lowest BCUT2D eigenvalue weighted by atomic mass is 9.69. The van der Waals surface area contributed by atoms with Gasteiger partial charge in [-0.2, -0.15) is 0 Å². The smallest absolute Gasteiger partial charge is 0.327 e. The van der Waals surface area contributed by atoms with Crippen LogP contribution in [0.4, 0.5) is 5.82 Å². The highest BCUT2D eigenvalue weighted by Crippen LogP contribution is 2.48. The van der Waals surface area contributed by atoms with Gasteiger partial charge in [-0.3, -0.25) is 19.6 Å². The number of rotatable bonds is 1. The molecule has 0 saturated carbocycles. The molecule has 8 heteroatoms. The van der Waals surface area contributed by atoms with Crippen molar-refractivity contribution in [1.29, 1.82) is 0 Å². The van der Waals surface area contributed by atoms with Gasteiger partial charge in [0, 0.05) is 33.7 Å². The van der Waals surface area contributed by atoms with Crippen molar-refractivity contribution in [3.05, 3.63) is 71.5 Å². The first kappa shape index (κ1) is 18.1. The van der Waals surface area contributed by atoms with Crippen molar-refractivity contribution in [2.75, 3.05) is 5.32 Å². The summed E-state index contributed by atoms with van der Waals surface area (Å²) in [7, 11) is 0. The molecule has 3 N–H and O–H groups in total. The maximum atomic E-state index is 13.0. The van der Waals surface area contributed by atoms with E-state index < -0.39 is 17.2 Å². The van der Waals surface area contributed by atoms with Crippen LogP contribution in [0.5, 0.6) is 0 Å². The molecule has 0 spiro atoms. The fourth-order valence-electron chi connectivity index (χ4n) is 3.99. The van der Waals surface area contributed by atoms with Gasteiger partial charge < -0.3 is 5.32 Å². The van der Waals surface area contributed by atoms with Crippen LogP contribution in [0.25, 0.3) is 0 Å². The molecule has 140 valence electrons. The number of H-pyrrole nitrogens is 2. The standard InChI is InChI=1S/C19H17Cl2N3O3/c1-19(2)6-11-14(12(25)7-19)13(9-4-3-8(20)5-10(9)21)15-16(22-11)23-18(27)24-17(15)26/h3-5,13H,6-7H2,1-2H3,(H3,22,23,24,26,27)/t13-/m0/s1. The lowest BCUT2D eigenvalue weighted by molar-refractivity contribution is -0.118. The number of ketones is 1. The van der Waals surface area contributed by atoms with Crippen molar-refractivity contribution in [2.45, 2.75) is 32.6 Å². The van der Waals surface area contributed by atoms with E-state index in [-0.39, 0.29) is 16.8 Å². The van der Waals surface area contributed by atoms with Crippen LogP contribution >= 0.6 is 23.2 Å². The van der Waals surface area contributed by atoms with Gasteiger partial charge in [-0.15, -0.1) is 0 Å². The van der Waals surface area contributed by atoms with E-state index >= 15 is 0 Å². The summed E-state index contributed by atoms with van der Waals surface area (Å²) >= 11 is 12.4. The highest BCUT2D eigenvalue weighted by molar-refractivity contribution is 6.35. The molecular weight excluding hydrogens is 389 g/mol. The number of Topliss-reactive ketones (excluding diaryl/α,β-unsaturated/α-hetero) is 1. The van der Waals surface area contributed by atoms with Crippen LogP contribution in [0.15, 0.2) is 39.1 Å². The van der Waals surface area contributed by atoms with Gasteiger partial charge in [0.1, 0.15) is 5.82 Å². The van der Waals surface area contributed by atoms with Crippen LogP contribution in [-0.4, -0.2) is 15.8 Å². The van der Waals surface area contributed by atoms with E-state index in [4.69, 9.17) is 23.2 Å². The number of anilines is 1. The third-order valence-corrected chi connectivity index (χ3v) is 5.59. The summed E-state index contributed by atoms with van der Waals surface area (Å²) in [4.78, 5) is 42.4. The number of hydrogen-bond donors (Lipinski definition) is 3. The Labute approximate surface area is 164 Å². The molecule has 0 unspecified atom stereocenters. The summed E-state index contributed by atoms with van der Waals surface area (Å²) in [5, 5.41) is 3.93. The third kappa shape index (κ3) is 3.03. The maximum Gasteiger partial charge on any atom is 0.327 e. The third-order valence-electron chi connectivity index (χ3n) is 5.03. The molecule has 0 fully saturated rings. The molecule has 0 amide bonds. The van der Waals surface area contributed by atoms with E-state index in [2.05, 4.69) is 15.3 Å². The molecule has 4 rings (SSSR count). The minimum absolute atomic E-state index is 0.0407. The van der Waals surface area contributed by atoms with Crippen LogP contribution in [0, 0.1) is 5.41 Å². The van der Waals surface area contributed by atoms with E-state index in [1.165, 1.54) is 0 Å². The predicted molar refractivity (Wildman–Crippen MR) is 105 cm³/mol. The Morgan fingerprint density at radius 3 is 2.52 bits per heavy atom. The topological polar surface area (TPSA) is 94.8 Å². The van der Waals surface area contributed by atoms with Gasteiger partial charge in [0.25, 0.3) is 5.56 Å². The summed E-state index contributed by atoms with van der Waals surface area (Å²) < 4.78 is 0. The van der Waals surface area contributed by atoms with Crippen molar-refractivity contribution in [3.8, 4) is 0 Å². The predicted octanol–water partition coefficient (Wildman–Crippen LogP) is 3.57. The molecule has 0 radical (unpaired) electrons. The second-order valence-electron chi connectivity index (χ2n) is 7.75. The zero-order chi connectivity index (χ0) is 19.5. The number of carbonyl (C=O) groups excluding carboxylic acids is 1.